The number of hydrogen-bond donors (Lipinski definition) is 1. The quantitative estimate of drug-likeness (QED) is 0.590. The largest absolute Gasteiger partial charge is 0.276 e. The van der Waals surface area contributed by atoms with Gasteiger partial charge < -0.3 is 0 Å². The summed E-state index contributed by atoms with van der Waals surface area (Å²) in [4.78, 5) is 2.37. The smallest absolute Gasteiger partial charge is 0.200 e. The summed E-state index contributed by atoms with van der Waals surface area (Å²) in [6.07, 6.45) is 1.44. The number of nitrogens with one attached hydrogen (secondary N) is 1. The SMILES string of the molecule is Cc1ccc(S(=O)(=O)NN=Cc2c(Br)cccc2Br)cc1. The van der Waals surface area contributed by atoms with Crippen LogP contribution in [0.5, 0.6) is 0 Å². The normalized spacial score (nSPS) is 11.8. The molecule has 4 nitrogen and oxygen atoms in total. The molecule has 0 bridgehead atoms. The molecule has 1 N–H and O–H groups in total. The highest BCUT2D eigenvalue weighted by atomic mass is 79.9. The summed E-state index contributed by atoms with van der Waals surface area (Å²) in [5, 5.41) is 3.81. The van der Waals surface area contributed by atoms with Crippen molar-refractivity contribution >= 4 is 48.1 Å². The lowest BCUT2D eigenvalue weighted by Gasteiger charge is -2.04. The maximum Gasteiger partial charge on any atom is 0.276 e. The highest BCUT2D eigenvalue weighted by Crippen LogP contribution is 2.23. The summed E-state index contributed by atoms with van der Waals surface area (Å²) in [7, 11) is -3.65. The number of hydrazone groups is 1. The minimum Gasteiger partial charge on any atom is -0.200 e. The zero-order valence-electron chi connectivity index (χ0n) is 11.0. The molecule has 0 aliphatic rings. The molecule has 0 aromatic heterocycles. The van der Waals surface area contributed by atoms with Crippen molar-refractivity contribution in [2.24, 2.45) is 5.10 Å². The van der Waals surface area contributed by atoms with E-state index in [9.17, 15) is 8.42 Å². The fraction of sp³-hybridized carbons (Fsp3) is 0.0714. The fourth-order valence-electron chi connectivity index (χ4n) is 1.56. The number of hydrogen-bond acceptors (Lipinski definition) is 3. The third-order valence-electron chi connectivity index (χ3n) is 2.70. The fourth-order valence-corrected chi connectivity index (χ4v) is 3.56. The van der Waals surface area contributed by atoms with E-state index in [1.807, 2.05) is 25.1 Å². The second kappa shape index (κ2) is 6.72. The van der Waals surface area contributed by atoms with Crippen LogP contribution in [0.1, 0.15) is 11.1 Å². The standard InChI is InChI=1S/C14H12Br2N2O2S/c1-10-5-7-11(8-6-10)21(19,20)18-17-9-12-13(15)3-2-4-14(12)16/h2-9,18H,1H3. The van der Waals surface area contributed by atoms with Gasteiger partial charge >= 0.3 is 0 Å². The van der Waals surface area contributed by atoms with Gasteiger partial charge in [-0.05, 0) is 31.2 Å². The van der Waals surface area contributed by atoms with Crippen molar-refractivity contribution in [3.63, 3.8) is 0 Å². The molecule has 0 atom stereocenters. The zero-order valence-corrected chi connectivity index (χ0v) is 15.0. The molecule has 0 radical (unpaired) electrons. The van der Waals surface area contributed by atoms with E-state index in [-0.39, 0.29) is 4.90 Å². The van der Waals surface area contributed by atoms with Crippen molar-refractivity contribution in [1.82, 2.24) is 4.83 Å². The molecule has 2 aromatic rings. The topological polar surface area (TPSA) is 58.5 Å². The van der Waals surface area contributed by atoms with Gasteiger partial charge in [0.05, 0.1) is 11.1 Å². The van der Waals surface area contributed by atoms with Crippen molar-refractivity contribution < 1.29 is 8.42 Å². The van der Waals surface area contributed by atoms with Gasteiger partial charge in [-0.25, -0.2) is 4.83 Å². The van der Waals surface area contributed by atoms with Crippen LogP contribution in [0.4, 0.5) is 0 Å². The van der Waals surface area contributed by atoms with Crippen LogP contribution in [0, 0.1) is 6.92 Å². The second-order valence-electron chi connectivity index (χ2n) is 4.30. The van der Waals surface area contributed by atoms with Crippen LogP contribution >= 0.6 is 31.9 Å². The molecule has 0 aliphatic heterocycles. The minimum absolute atomic E-state index is 0.177. The molecule has 21 heavy (non-hydrogen) atoms. The first-order valence-corrected chi connectivity index (χ1v) is 9.02. The molecular formula is C14H12Br2N2O2S. The average Bonchev–Trinajstić information content (AvgIpc) is 2.42. The van der Waals surface area contributed by atoms with Crippen LogP contribution < -0.4 is 4.83 Å². The van der Waals surface area contributed by atoms with Crippen LogP contribution in [0.15, 0.2) is 61.4 Å². The molecule has 0 fully saturated rings. The first-order valence-electron chi connectivity index (χ1n) is 5.96. The average molecular weight is 432 g/mol. The number of nitrogens with zero attached hydrogens (tertiary/aromatic N) is 1. The molecule has 0 heterocycles. The Morgan fingerprint density at radius 3 is 2.19 bits per heavy atom. The Morgan fingerprint density at radius 1 is 1.05 bits per heavy atom. The predicted octanol–water partition coefficient (Wildman–Crippen LogP) is 3.83. The molecule has 7 heteroatoms. The van der Waals surface area contributed by atoms with Crippen molar-refractivity contribution in [2.45, 2.75) is 11.8 Å². The van der Waals surface area contributed by atoms with Gasteiger partial charge in [0.2, 0.25) is 0 Å². The lowest BCUT2D eigenvalue weighted by Crippen LogP contribution is -2.18. The summed E-state index contributed by atoms with van der Waals surface area (Å²) >= 11 is 6.76. The Kier molecular flexibility index (Phi) is 5.18. The number of rotatable bonds is 4. The summed E-state index contributed by atoms with van der Waals surface area (Å²) in [6.45, 7) is 1.90. The summed E-state index contributed by atoms with van der Waals surface area (Å²) < 4.78 is 25.7. The highest BCUT2D eigenvalue weighted by molar-refractivity contribution is 9.11. The monoisotopic (exact) mass is 430 g/mol. The number of sulfonamides is 1. The van der Waals surface area contributed by atoms with Gasteiger partial charge in [0.15, 0.2) is 0 Å². The lowest BCUT2D eigenvalue weighted by molar-refractivity contribution is 0.584. The number of halogens is 2. The predicted molar refractivity (Wildman–Crippen MR) is 90.9 cm³/mol. The van der Waals surface area contributed by atoms with E-state index in [1.165, 1.54) is 6.21 Å². The van der Waals surface area contributed by atoms with Crippen LogP contribution in [-0.2, 0) is 10.0 Å². The summed E-state index contributed by atoms with van der Waals surface area (Å²) in [6, 6.07) is 12.1. The first-order chi connectivity index (χ1) is 9.90. The molecule has 0 spiro atoms. The molecule has 2 aromatic carbocycles. The van der Waals surface area contributed by atoms with Crippen molar-refractivity contribution in [3.8, 4) is 0 Å². The number of aryl methyl sites for hydroxylation is 1. The lowest BCUT2D eigenvalue weighted by atomic mass is 10.2. The van der Waals surface area contributed by atoms with E-state index in [0.29, 0.717) is 0 Å². The maximum atomic E-state index is 12.1. The van der Waals surface area contributed by atoms with Crippen LogP contribution in [0.2, 0.25) is 0 Å². The van der Waals surface area contributed by atoms with Crippen LogP contribution in [0.3, 0.4) is 0 Å². The second-order valence-corrected chi connectivity index (χ2v) is 7.67. The van der Waals surface area contributed by atoms with Gasteiger partial charge in [-0.3, -0.25) is 0 Å². The van der Waals surface area contributed by atoms with E-state index in [1.54, 1.807) is 24.3 Å². The van der Waals surface area contributed by atoms with Crippen molar-refractivity contribution in [3.05, 3.63) is 62.5 Å². The van der Waals surface area contributed by atoms with Crippen molar-refractivity contribution in [2.75, 3.05) is 0 Å². The Hall–Kier alpha value is -1.18. The minimum atomic E-state index is -3.65. The first kappa shape index (κ1) is 16.2. The van der Waals surface area contributed by atoms with E-state index in [2.05, 4.69) is 41.8 Å². The van der Waals surface area contributed by atoms with Gasteiger partial charge in [-0.1, -0.05) is 55.6 Å². The third-order valence-corrected chi connectivity index (χ3v) is 5.32. The number of benzene rings is 2. The van der Waals surface area contributed by atoms with Gasteiger partial charge in [-0.2, -0.15) is 13.5 Å². The van der Waals surface area contributed by atoms with E-state index in [0.717, 1.165) is 20.1 Å². The van der Waals surface area contributed by atoms with Crippen LogP contribution in [-0.4, -0.2) is 14.6 Å². The molecule has 0 aliphatic carbocycles. The van der Waals surface area contributed by atoms with Gasteiger partial charge in [0.25, 0.3) is 10.0 Å². The molecule has 0 unspecified atom stereocenters. The molecule has 0 amide bonds. The molecule has 0 saturated heterocycles. The molecule has 0 saturated carbocycles. The van der Waals surface area contributed by atoms with Gasteiger partial charge in [0.1, 0.15) is 0 Å². The Morgan fingerprint density at radius 2 is 1.62 bits per heavy atom. The molecular weight excluding hydrogens is 420 g/mol. The van der Waals surface area contributed by atoms with Crippen molar-refractivity contribution in [1.29, 1.82) is 0 Å². The van der Waals surface area contributed by atoms with E-state index < -0.39 is 10.0 Å². The zero-order chi connectivity index (χ0) is 15.5. The Bertz CT molecular complexity index is 752. The van der Waals surface area contributed by atoms with Gasteiger partial charge in [0, 0.05) is 14.5 Å². The Labute approximate surface area is 140 Å². The van der Waals surface area contributed by atoms with E-state index in [4.69, 9.17) is 0 Å². The summed E-state index contributed by atoms with van der Waals surface area (Å²) in [5.41, 5.74) is 1.75. The highest BCUT2D eigenvalue weighted by Gasteiger charge is 2.12. The summed E-state index contributed by atoms with van der Waals surface area (Å²) in [5.74, 6) is 0. The van der Waals surface area contributed by atoms with Crippen LogP contribution in [0.25, 0.3) is 0 Å². The molecule has 2 rings (SSSR count). The van der Waals surface area contributed by atoms with Gasteiger partial charge in [-0.15, -0.1) is 0 Å². The third kappa shape index (κ3) is 4.15. The maximum absolute atomic E-state index is 12.1. The Balaban J connectivity index is 2.19. The molecule has 110 valence electrons. The van der Waals surface area contributed by atoms with E-state index >= 15 is 0 Å².